The number of thiazole rings is 1. The van der Waals surface area contributed by atoms with Crippen LogP contribution in [0.3, 0.4) is 0 Å². The molecule has 0 bridgehead atoms. The third-order valence-electron chi connectivity index (χ3n) is 4.06. The van der Waals surface area contributed by atoms with Gasteiger partial charge in [-0.25, -0.2) is 4.98 Å². The summed E-state index contributed by atoms with van der Waals surface area (Å²) in [5.41, 5.74) is 0. The predicted molar refractivity (Wildman–Crippen MR) is 97.3 cm³/mol. The summed E-state index contributed by atoms with van der Waals surface area (Å²) in [5, 5.41) is 16.8. The van der Waals surface area contributed by atoms with Crippen molar-refractivity contribution in [2.24, 2.45) is 0 Å². The summed E-state index contributed by atoms with van der Waals surface area (Å²) in [6.45, 7) is 9.27. The zero-order chi connectivity index (χ0) is 17.6. The highest BCUT2D eigenvalue weighted by molar-refractivity contribution is 7.11. The number of hydrogen-bond acceptors (Lipinski definition) is 7. The van der Waals surface area contributed by atoms with E-state index in [-0.39, 0.29) is 11.9 Å². The Hall–Kier alpha value is -1.84. The van der Waals surface area contributed by atoms with Crippen LogP contribution in [0, 0.1) is 0 Å². The Labute approximate surface area is 151 Å². The van der Waals surface area contributed by atoms with Crippen LogP contribution in [0.25, 0.3) is 5.82 Å². The van der Waals surface area contributed by atoms with Crippen molar-refractivity contribution in [1.82, 2.24) is 35.3 Å². The normalized spacial score (nSPS) is 15.6. The summed E-state index contributed by atoms with van der Waals surface area (Å²) in [7, 11) is 0. The molecule has 3 heterocycles. The van der Waals surface area contributed by atoms with Gasteiger partial charge in [0, 0.05) is 44.0 Å². The summed E-state index contributed by atoms with van der Waals surface area (Å²) in [6.07, 6.45) is 3.54. The highest BCUT2D eigenvalue weighted by Crippen LogP contribution is 2.16. The number of carbonyl (C=O) groups is 1. The first kappa shape index (κ1) is 18.0. The molecule has 25 heavy (non-hydrogen) atoms. The Bertz CT molecular complexity index is 690. The van der Waals surface area contributed by atoms with Gasteiger partial charge in [-0.3, -0.25) is 9.36 Å². The highest BCUT2D eigenvalue weighted by Gasteiger charge is 2.15. The van der Waals surface area contributed by atoms with Crippen molar-refractivity contribution < 1.29 is 4.79 Å². The standard InChI is InChI=1S/C16H25N7OS/c1-12(2)19-15(24)16-20-14(10-25-16)23-11-18-21-13(23)4-3-7-22-8-5-17-6-9-22/h10-12,17H,3-9H2,1-2H3,(H,19,24). The van der Waals surface area contributed by atoms with Crippen molar-refractivity contribution in [2.75, 3.05) is 32.7 Å². The maximum atomic E-state index is 12.1. The van der Waals surface area contributed by atoms with Gasteiger partial charge in [-0.2, -0.15) is 0 Å². The first-order chi connectivity index (χ1) is 12.1. The van der Waals surface area contributed by atoms with Crippen molar-refractivity contribution in [2.45, 2.75) is 32.7 Å². The van der Waals surface area contributed by atoms with Crippen LogP contribution in [0.2, 0.25) is 0 Å². The number of nitrogens with one attached hydrogen (secondary N) is 2. The number of aryl methyl sites for hydroxylation is 1. The van der Waals surface area contributed by atoms with Gasteiger partial charge in [0.15, 0.2) is 10.8 Å². The molecule has 9 heteroatoms. The van der Waals surface area contributed by atoms with Gasteiger partial charge in [-0.05, 0) is 26.8 Å². The summed E-state index contributed by atoms with van der Waals surface area (Å²) in [5.74, 6) is 1.46. The maximum absolute atomic E-state index is 12.1. The number of nitrogens with zero attached hydrogens (tertiary/aromatic N) is 5. The highest BCUT2D eigenvalue weighted by atomic mass is 32.1. The second-order valence-electron chi connectivity index (χ2n) is 6.45. The summed E-state index contributed by atoms with van der Waals surface area (Å²) in [4.78, 5) is 19.0. The number of amides is 1. The van der Waals surface area contributed by atoms with Crippen molar-refractivity contribution in [3.8, 4) is 5.82 Å². The average molecular weight is 363 g/mol. The minimum absolute atomic E-state index is 0.0929. The molecule has 0 atom stereocenters. The molecule has 0 spiro atoms. The van der Waals surface area contributed by atoms with E-state index in [2.05, 4.69) is 30.7 Å². The van der Waals surface area contributed by atoms with Gasteiger partial charge in [0.1, 0.15) is 12.2 Å². The van der Waals surface area contributed by atoms with Crippen LogP contribution >= 0.6 is 11.3 Å². The number of hydrogen-bond donors (Lipinski definition) is 2. The topological polar surface area (TPSA) is 88.0 Å². The molecular weight excluding hydrogens is 338 g/mol. The summed E-state index contributed by atoms with van der Waals surface area (Å²) < 4.78 is 1.88. The third-order valence-corrected chi connectivity index (χ3v) is 4.88. The quantitative estimate of drug-likeness (QED) is 0.753. The van der Waals surface area contributed by atoms with Crippen LogP contribution in [-0.4, -0.2) is 69.3 Å². The van der Waals surface area contributed by atoms with Gasteiger partial charge in [0.25, 0.3) is 5.91 Å². The van der Waals surface area contributed by atoms with Crippen molar-refractivity contribution in [3.63, 3.8) is 0 Å². The molecule has 1 aliphatic heterocycles. The molecule has 1 saturated heterocycles. The molecule has 0 aromatic carbocycles. The van der Waals surface area contributed by atoms with Crippen LogP contribution in [0.15, 0.2) is 11.7 Å². The Kier molecular flexibility index (Phi) is 6.11. The molecule has 0 unspecified atom stereocenters. The predicted octanol–water partition coefficient (Wildman–Crippen LogP) is 0.700. The van der Waals surface area contributed by atoms with Crippen LogP contribution < -0.4 is 10.6 Å². The molecule has 1 amide bonds. The van der Waals surface area contributed by atoms with E-state index in [0.29, 0.717) is 10.8 Å². The molecule has 1 fully saturated rings. The first-order valence-electron chi connectivity index (χ1n) is 8.72. The SMILES string of the molecule is CC(C)NC(=O)c1nc(-n2cnnc2CCCN2CCNCC2)cs1. The van der Waals surface area contributed by atoms with Crippen molar-refractivity contribution in [1.29, 1.82) is 0 Å². The second-order valence-corrected chi connectivity index (χ2v) is 7.31. The molecule has 2 aromatic heterocycles. The van der Waals surface area contributed by atoms with E-state index < -0.39 is 0 Å². The van der Waals surface area contributed by atoms with Crippen molar-refractivity contribution >= 4 is 17.2 Å². The molecule has 0 aliphatic carbocycles. The summed E-state index contributed by atoms with van der Waals surface area (Å²) >= 11 is 1.34. The molecule has 0 saturated carbocycles. The largest absolute Gasteiger partial charge is 0.348 e. The van der Waals surface area contributed by atoms with E-state index >= 15 is 0 Å². The van der Waals surface area contributed by atoms with Crippen molar-refractivity contribution in [3.05, 3.63) is 22.5 Å². The molecule has 0 radical (unpaired) electrons. The number of piperazine rings is 1. The Morgan fingerprint density at radius 1 is 1.40 bits per heavy atom. The van der Waals surface area contributed by atoms with E-state index in [1.165, 1.54) is 11.3 Å². The van der Waals surface area contributed by atoms with Gasteiger partial charge in [-0.15, -0.1) is 21.5 Å². The lowest BCUT2D eigenvalue weighted by molar-refractivity contribution is 0.0942. The van der Waals surface area contributed by atoms with Gasteiger partial charge in [-0.1, -0.05) is 0 Å². The van der Waals surface area contributed by atoms with E-state index in [0.717, 1.165) is 51.4 Å². The molecular formula is C16H25N7OS. The lowest BCUT2D eigenvalue weighted by Crippen LogP contribution is -2.43. The van der Waals surface area contributed by atoms with E-state index in [4.69, 9.17) is 0 Å². The first-order valence-corrected chi connectivity index (χ1v) is 9.60. The number of carbonyl (C=O) groups excluding carboxylic acids is 1. The maximum Gasteiger partial charge on any atom is 0.280 e. The molecule has 2 N–H and O–H groups in total. The fourth-order valence-corrected chi connectivity index (χ4v) is 3.52. The molecule has 1 aliphatic rings. The van der Waals surface area contributed by atoms with Gasteiger partial charge >= 0.3 is 0 Å². The zero-order valence-corrected chi connectivity index (χ0v) is 15.6. The fraction of sp³-hybridized carbons (Fsp3) is 0.625. The zero-order valence-electron chi connectivity index (χ0n) is 14.7. The number of aromatic nitrogens is 4. The van der Waals surface area contributed by atoms with Gasteiger partial charge in [0.05, 0.1) is 0 Å². The second kappa shape index (κ2) is 8.50. The van der Waals surface area contributed by atoms with Crippen LogP contribution in [0.5, 0.6) is 0 Å². The van der Waals surface area contributed by atoms with E-state index in [1.807, 2.05) is 23.8 Å². The number of rotatable bonds is 7. The molecule has 2 aromatic rings. The molecule has 8 nitrogen and oxygen atoms in total. The average Bonchev–Trinajstić information content (AvgIpc) is 3.24. The minimum atomic E-state index is -0.139. The molecule has 136 valence electrons. The van der Waals surface area contributed by atoms with Gasteiger partial charge < -0.3 is 15.5 Å². The molecule has 3 rings (SSSR count). The van der Waals surface area contributed by atoms with Gasteiger partial charge in [0.2, 0.25) is 0 Å². The third kappa shape index (κ3) is 4.83. The van der Waals surface area contributed by atoms with E-state index in [9.17, 15) is 4.79 Å². The lowest BCUT2D eigenvalue weighted by Gasteiger charge is -2.26. The van der Waals surface area contributed by atoms with Crippen LogP contribution in [0.4, 0.5) is 0 Å². The van der Waals surface area contributed by atoms with Crippen LogP contribution in [-0.2, 0) is 6.42 Å². The Morgan fingerprint density at radius 2 is 2.20 bits per heavy atom. The smallest absolute Gasteiger partial charge is 0.280 e. The Morgan fingerprint density at radius 3 is 2.96 bits per heavy atom. The summed E-state index contributed by atoms with van der Waals surface area (Å²) in [6, 6.07) is 0.0929. The monoisotopic (exact) mass is 363 g/mol. The minimum Gasteiger partial charge on any atom is -0.348 e. The van der Waals surface area contributed by atoms with Crippen LogP contribution in [0.1, 0.15) is 35.9 Å². The fourth-order valence-electron chi connectivity index (χ4n) is 2.82. The van der Waals surface area contributed by atoms with E-state index in [1.54, 1.807) is 6.33 Å². The lowest BCUT2D eigenvalue weighted by atomic mass is 10.2. The Balaban J connectivity index is 1.59.